The largest absolute Gasteiger partial charge is 0.544 e. The fraction of sp³-hybridized carbons (Fsp3) is 0.952. The van der Waals surface area contributed by atoms with Crippen LogP contribution in [0.2, 0.25) is 0 Å². The molecule has 0 aromatic heterocycles. The zero-order valence-corrected chi connectivity index (χ0v) is 17.1. The summed E-state index contributed by atoms with van der Waals surface area (Å²) in [7, 11) is 3.64. The number of rotatable bonds is 18. The average Bonchev–Trinajstić information content (AvgIpc) is 2.50. The molecule has 0 aliphatic heterocycles. The molecule has 4 nitrogen and oxygen atoms in total. The maximum atomic E-state index is 10.7. The van der Waals surface area contributed by atoms with Crippen LogP contribution in [-0.2, 0) is 4.79 Å². The molecular formula is C21H43NO3. The number of likely N-dealkylation sites (N-methyl/N-ethyl adjacent to an activating group) is 1. The summed E-state index contributed by atoms with van der Waals surface area (Å²) in [6, 6.07) is 0. The summed E-state index contributed by atoms with van der Waals surface area (Å²) in [6.07, 6.45) is 17.5. The Hall–Kier alpha value is -0.610. The number of quaternary nitrogens is 1. The molecule has 0 aromatic rings. The molecule has 0 radical (unpaired) electrons. The topological polar surface area (TPSA) is 60.4 Å². The van der Waals surface area contributed by atoms with E-state index in [4.69, 9.17) is 0 Å². The summed E-state index contributed by atoms with van der Waals surface area (Å²) >= 11 is 0. The minimum absolute atomic E-state index is 0.0460. The molecule has 0 heterocycles. The second kappa shape index (κ2) is 15.6. The van der Waals surface area contributed by atoms with Gasteiger partial charge < -0.3 is 19.5 Å². The van der Waals surface area contributed by atoms with Gasteiger partial charge in [0.15, 0.2) is 0 Å². The highest BCUT2D eigenvalue weighted by molar-refractivity contribution is 5.65. The summed E-state index contributed by atoms with van der Waals surface area (Å²) in [5, 5.41) is 20.7. The van der Waals surface area contributed by atoms with Crippen LogP contribution >= 0.6 is 0 Å². The molecule has 0 fully saturated rings. The molecular weight excluding hydrogens is 314 g/mol. The summed E-state index contributed by atoms with van der Waals surface area (Å²) in [6.45, 7) is 2.69. The van der Waals surface area contributed by atoms with E-state index in [0.29, 0.717) is 6.54 Å². The zero-order valence-electron chi connectivity index (χ0n) is 17.1. The third-order valence-corrected chi connectivity index (χ3v) is 4.90. The van der Waals surface area contributed by atoms with Crippen LogP contribution in [0, 0.1) is 0 Å². The maximum absolute atomic E-state index is 10.7. The predicted octanol–water partition coefficient (Wildman–Crippen LogP) is 3.65. The number of nitrogens with zero attached hydrogens (tertiary/aromatic N) is 1. The molecule has 1 atom stereocenters. The highest BCUT2D eigenvalue weighted by Crippen LogP contribution is 2.14. The molecule has 1 N–H and O–H groups in total. The monoisotopic (exact) mass is 357 g/mol. The fourth-order valence-corrected chi connectivity index (χ4v) is 3.47. The molecule has 150 valence electrons. The number of carboxylic acid groups (broad SMARTS) is 1. The Balaban J connectivity index is 3.36. The van der Waals surface area contributed by atoms with Crippen LogP contribution in [0.1, 0.15) is 96.8 Å². The predicted molar refractivity (Wildman–Crippen MR) is 103 cm³/mol. The van der Waals surface area contributed by atoms with Crippen molar-refractivity contribution in [3.63, 3.8) is 0 Å². The quantitative estimate of drug-likeness (QED) is 0.301. The van der Waals surface area contributed by atoms with E-state index in [1.165, 1.54) is 77.0 Å². The average molecular weight is 358 g/mol. The van der Waals surface area contributed by atoms with Gasteiger partial charge in [-0.05, 0) is 6.42 Å². The molecule has 0 aliphatic carbocycles. The number of unbranched alkanes of at least 4 members (excludes halogenated alkanes) is 12. The zero-order chi connectivity index (χ0) is 19.0. The lowest BCUT2D eigenvalue weighted by Crippen LogP contribution is -2.51. The first-order valence-corrected chi connectivity index (χ1v) is 10.6. The second-order valence-corrected chi connectivity index (χ2v) is 8.33. The van der Waals surface area contributed by atoms with Gasteiger partial charge in [0.05, 0.1) is 20.1 Å². The first kappa shape index (κ1) is 24.4. The number of carbonyl (C=O) groups is 1. The molecule has 1 unspecified atom stereocenters. The molecule has 0 saturated heterocycles. The fourth-order valence-electron chi connectivity index (χ4n) is 3.47. The third-order valence-electron chi connectivity index (χ3n) is 4.90. The van der Waals surface area contributed by atoms with Crippen molar-refractivity contribution in [2.24, 2.45) is 0 Å². The van der Waals surface area contributed by atoms with E-state index >= 15 is 0 Å². The van der Waals surface area contributed by atoms with E-state index in [0.717, 1.165) is 12.8 Å². The maximum Gasteiger partial charge on any atom is 0.119 e. The summed E-state index contributed by atoms with van der Waals surface area (Å²) < 4.78 is 0.280. The van der Waals surface area contributed by atoms with Crippen molar-refractivity contribution >= 4 is 5.97 Å². The number of carbonyl (C=O) groups excluding carboxylic acids is 1. The Labute approximate surface area is 156 Å². The van der Waals surface area contributed by atoms with Crippen molar-refractivity contribution in [3.8, 4) is 0 Å². The summed E-state index contributed by atoms with van der Waals surface area (Å²) in [4.78, 5) is 10.7. The SMILES string of the molecule is CCCCCCCCCCCCCCCC(O)C[N+](C)(C)CC(=O)[O-]. The van der Waals surface area contributed by atoms with Crippen molar-refractivity contribution in [2.75, 3.05) is 27.2 Å². The smallest absolute Gasteiger partial charge is 0.119 e. The second-order valence-electron chi connectivity index (χ2n) is 8.33. The van der Waals surface area contributed by atoms with Gasteiger partial charge in [-0.1, -0.05) is 90.4 Å². The Bertz CT molecular complexity index is 318. The lowest BCUT2D eigenvalue weighted by atomic mass is 10.0. The van der Waals surface area contributed by atoms with Crippen molar-refractivity contribution < 1.29 is 19.5 Å². The van der Waals surface area contributed by atoms with Crippen LogP contribution in [0.5, 0.6) is 0 Å². The third kappa shape index (κ3) is 18.0. The highest BCUT2D eigenvalue weighted by atomic mass is 16.4. The molecule has 0 rings (SSSR count). The molecule has 0 saturated carbocycles. The van der Waals surface area contributed by atoms with Gasteiger partial charge in [-0.3, -0.25) is 0 Å². The minimum Gasteiger partial charge on any atom is -0.544 e. The van der Waals surface area contributed by atoms with Gasteiger partial charge in [0.25, 0.3) is 0 Å². The van der Waals surface area contributed by atoms with E-state index in [1.54, 1.807) is 0 Å². The molecule has 25 heavy (non-hydrogen) atoms. The molecule has 0 amide bonds. The molecule has 0 bridgehead atoms. The van der Waals surface area contributed by atoms with Crippen LogP contribution in [0.25, 0.3) is 0 Å². The van der Waals surface area contributed by atoms with E-state index in [1.807, 2.05) is 14.1 Å². The van der Waals surface area contributed by atoms with Crippen molar-refractivity contribution in [1.82, 2.24) is 0 Å². The normalized spacial score (nSPS) is 13.1. The van der Waals surface area contributed by atoms with Gasteiger partial charge in [0.2, 0.25) is 0 Å². The van der Waals surface area contributed by atoms with E-state index in [-0.39, 0.29) is 11.0 Å². The number of hydrogen-bond donors (Lipinski definition) is 1. The Morgan fingerprint density at radius 2 is 1.24 bits per heavy atom. The number of aliphatic hydroxyl groups excluding tert-OH is 1. The molecule has 0 aliphatic rings. The molecule has 4 heteroatoms. The molecule has 0 spiro atoms. The Morgan fingerprint density at radius 1 is 0.840 bits per heavy atom. The lowest BCUT2D eigenvalue weighted by molar-refractivity contribution is -0.887. The van der Waals surface area contributed by atoms with Crippen LogP contribution in [0.15, 0.2) is 0 Å². The van der Waals surface area contributed by atoms with Gasteiger partial charge >= 0.3 is 0 Å². The van der Waals surface area contributed by atoms with Crippen LogP contribution < -0.4 is 5.11 Å². The van der Waals surface area contributed by atoms with E-state index in [9.17, 15) is 15.0 Å². The van der Waals surface area contributed by atoms with Crippen molar-refractivity contribution in [3.05, 3.63) is 0 Å². The van der Waals surface area contributed by atoms with E-state index < -0.39 is 12.1 Å². The highest BCUT2D eigenvalue weighted by Gasteiger charge is 2.20. The standard InChI is InChI=1S/C21H43NO3/c1-4-5-6-7-8-9-10-11-12-13-14-15-16-17-20(23)18-22(2,3)19-21(24)25/h20,23H,4-19H2,1-3H3. The molecule has 0 aromatic carbocycles. The van der Waals surface area contributed by atoms with Gasteiger partial charge in [0.1, 0.15) is 19.2 Å². The van der Waals surface area contributed by atoms with Crippen LogP contribution in [-0.4, -0.2) is 48.8 Å². The Morgan fingerprint density at radius 3 is 1.64 bits per heavy atom. The summed E-state index contributed by atoms with van der Waals surface area (Å²) in [5.41, 5.74) is 0. The van der Waals surface area contributed by atoms with Gasteiger partial charge in [-0.25, -0.2) is 0 Å². The summed E-state index contributed by atoms with van der Waals surface area (Å²) in [5.74, 6) is -1.06. The van der Waals surface area contributed by atoms with Crippen LogP contribution in [0.4, 0.5) is 0 Å². The lowest BCUT2D eigenvalue weighted by Gasteiger charge is -2.32. The first-order valence-electron chi connectivity index (χ1n) is 10.6. The van der Waals surface area contributed by atoms with Gasteiger partial charge in [0, 0.05) is 0 Å². The van der Waals surface area contributed by atoms with Crippen molar-refractivity contribution in [2.45, 2.75) is 103 Å². The van der Waals surface area contributed by atoms with E-state index in [2.05, 4.69) is 6.92 Å². The van der Waals surface area contributed by atoms with Gasteiger partial charge in [-0.2, -0.15) is 0 Å². The van der Waals surface area contributed by atoms with Crippen LogP contribution in [0.3, 0.4) is 0 Å². The minimum atomic E-state index is -1.06. The number of carboxylic acids is 1. The van der Waals surface area contributed by atoms with Crippen molar-refractivity contribution in [1.29, 1.82) is 0 Å². The number of aliphatic carboxylic acids is 1. The Kier molecular flexibility index (Phi) is 15.2. The van der Waals surface area contributed by atoms with Gasteiger partial charge in [-0.15, -0.1) is 0 Å². The first-order chi connectivity index (χ1) is 11.9. The number of aliphatic hydroxyl groups is 1. The number of hydrogen-bond acceptors (Lipinski definition) is 3.